The van der Waals surface area contributed by atoms with E-state index in [0.717, 1.165) is 16.7 Å². The molecule has 1 N–H and O–H groups in total. The van der Waals surface area contributed by atoms with Gasteiger partial charge in [0.15, 0.2) is 6.10 Å². The summed E-state index contributed by atoms with van der Waals surface area (Å²) in [6, 6.07) is 17.0. The van der Waals surface area contributed by atoms with Crippen LogP contribution in [-0.2, 0) is 16.0 Å². The number of ether oxygens (including phenoxy) is 1. The highest BCUT2D eigenvalue weighted by atomic mass is 19.1. The molecule has 4 rings (SSSR count). The first-order valence-electron chi connectivity index (χ1n) is 11.6. The van der Waals surface area contributed by atoms with Gasteiger partial charge in [-0.1, -0.05) is 42.0 Å². The number of benzene rings is 3. The van der Waals surface area contributed by atoms with E-state index in [-0.39, 0.29) is 17.5 Å². The zero-order valence-corrected chi connectivity index (χ0v) is 20.6. The number of hydrogen-bond donors (Lipinski definition) is 1. The van der Waals surface area contributed by atoms with Gasteiger partial charge < -0.3 is 14.7 Å². The van der Waals surface area contributed by atoms with Crippen molar-refractivity contribution in [3.63, 3.8) is 0 Å². The van der Waals surface area contributed by atoms with Crippen molar-refractivity contribution in [2.24, 2.45) is 0 Å². The summed E-state index contributed by atoms with van der Waals surface area (Å²) >= 11 is 0. The van der Waals surface area contributed by atoms with Crippen LogP contribution in [0.3, 0.4) is 0 Å². The number of rotatable bonds is 5. The molecule has 5 nitrogen and oxygen atoms in total. The Kier molecular flexibility index (Phi) is 6.52. The highest BCUT2D eigenvalue weighted by Crippen LogP contribution is 2.44. The van der Waals surface area contributed by atoms with E-state index in [0.29, 0.717) is 23.2 Å². The lowest BCUT2D eigenvalue weighted by atomic mass is 9.96. The number of amides is 1. The molecule has 1 amide bonds. The summed E-state index contributed by atoms with van der Waals surface area (Å²) in [5, 5.41) is 9.91. The van der Waals surface area contributed by atoms with Crippen molar-refractivity contribution in [3.05, 3.63) is 99.9 Å². The molecule has 1 aliphatic rings. The average molecular weight is 476 g/mol. The largest absolute Gasteiger partial charge is 0.479 e. The van der Waals surface area contributed by atoms with Gasteiger partial charge in [-0.25, -0.2) is 9.18 Å². The number of nitrogens with zero attached hydrogens (tertiary/aromatic N) is 1. The predicted octanol–water partition coefficient (Wildman–Crippen LogP) is 6.33. The van der Waals surface area contributed by atoms with Crippen LogP contribution in [0.1, 0.15) is 71.1 Å². The second-order valence-corrected chi connectivity index (χ2v) is 10.1. The molecule has 1 aliphatic heterocycles. The Morgan fingerprint density at radius 3 is 2.34 bits per heavy atom. The number of carboxylic acids is 1. The van der Waals surface area contributed by atoms with Gasteiger partial charge in [0.2, 0.25) is 0 Å². The highest BCUT2D eigenvalue weighted by Gasteiger charge is 2.37. The van der Waals surface area contributed by atoms with E-state index in [1.54, 1.807) is 11.0 Å². The van der Waals surface area contributed by atoms with Gasteiger partial charge in [-0.15, -0.1) is 0 Å². The van der Waals surface area contributed by atoms with Crippen molar-refractivity contribution in [1.29, 1.82) is 0 Å². The fourth-order valence-corrected chi connectivity index (χ4v) is 4.56. The quantitative estimate of drug-likeness (QED) is 0.468. The summed E-state index contributed by atoms with van der Waals surface area (Å²) in [6.45, 7) is 9.27. The smallest absolute Gasteiger partial charge is 0.337 e. The van der Waals surface area contributed by atoms with Crippen molar-refractivity contribution in [2.45, 2.75) is 58.8 Å². The van der Waals surface area contributed by atoms with E-state index in [1.807, 2.05) is 71.0 Å². The zero-order chi connectivity index (χ0) is 25.5. The van der Waals surface area contributed by atoms with E-state index >= 15 is 0 Å². The number of anilines is 1. The number of halogens is 1. The summed E-state index contributed by atoms with van der Waals surface area (Å²) in [7, 11) is 0. The topological polar surface area (TPSA) is 66.8 Å². The Hall–Kier alpha value is -3.51. The van der Waals surface area contributed by atoms with Crippen molar-refractivity contribution in [1.82, 2.24) is 0 Å². The summed E-state index contributed by atoms with van der Waals surface area (Å²) < 4.78 is 19.8. The minimum atomic E-state index is -1.13. The van der Waals surface area contributed by atoms with Crippen LogP contribution in [0.2, 0.25) is 0 Å². The second kappa shape index (κ2) is 9.27. The van der Waals surface area contributed by atoms with Crippen molar-refractivity contribution < 1.29 is 23.8 Å². The predicted molar refractivity (Wildman–Crippen MR) is 133 cm³/mol. The van der Waals surface area contributed by atoms with Gasteiger partial charge in [0.1, 0.15) is 5.82 Å². The number of carbonyl (C=O) groups is 2. The Morgan fingerprint density at radius 2 is 1.74 bits per heavy atom. The first kappa shape index (κ1) is 24.6. The standard InChI is InChI=1S/C29H30FNO4/c1-17-9-11-19(12-10-17)25-16-21-15-23(26(28(33)34)35-29(3,4)5)18(2)13-24(21)31(25)27(32)20-7-6-8-22(30)14-20/h6-15,25-26H,16H2,1-5H3,(H,33,34)/t25?,26-/m0/s1. The van der Waals surface area contributed by atoms with Crippen LogP contribution in [0.15, 0.2) is 60.7 Å². The zero-order valence-electron chi connectivity index (χ0n) is 20.6. The van der Waals surface area contributed by atoms with Gasteiger partial charge in [0.25, 0.3) is 5.91 Å². The molecule has 3 aromatic rings. The van der Waals surface area contributed by atoms with E-state index in [1.165, 1.54) is 18.2 Å². The molecule has 2 atom stereocenters. The molecule has 0 bridgehead atoms. The third-order valence-corrected chi connectivity index (χ3v) is 6.18. The molecule has 0 saturated heterocycles. The van der Waals surface area contributed by atoms with Crippen LogP contribution < -0.4 is 4.90 Å². The number of carboxylic acid groups (broad SMARTS) is 1. The number of aliphatic carboxylic acids is 1. The minimum absolute atomic E-state index is 0.260. The first-order chi connectivity index (χ1) is 16.4. The van der Waals surface area contributed by atoms with Crippen LogP contribution in [0, 0.1) is 19.7 Å². The number of carbonyl (C=O) groups excluding carboxylic acids is 1. The van der Waals surface area contributed by atoms with Gasteiger partial charge in [0.05, 0.1) is 11.6 Å². The van der Waals surface area contributed by atoms with Gasteiger partial charge in [-0.05, 0) is 87.6 Å². The van der Waals surface area contributed by atoms with E-state index in [4.69, 9.17) is 4.74 Å². The van der Waals surface area contributed by atoms with Crippen molar-refractivity contribution in [3.8, 4) is 0 Å². The van der Waals surface area contributed by atoms with Crippen LogP contribution in [0.5, 0.6) is 0 Å². The maximum atomic E-state index is 14.0. The Bertz CT molecular complexity index is 1280. The lowest BCUT2D eigenvalue weighted by Gasteiger charge is -2.28. The fraction of sp³-hybridized carbons (Fsp3) is 0.310. The maximum absolute atomic E-state index is 14.0. The molecule has 35 heavy (non-hydrogen) atoms. The SMILES string of the molecule is Cc1ccc(C2Cc3cc([C@H](OC(C)(C)C)C(=O)O)c(C)cc3N2C(=O)c2cccc(F)c2)cc1. The molecule has 1 unspecified atom stereocenters. The van der Waals surface area contributed by atoms with E-state index < -0.39 is 23.5 Å². The molecule has 0 saturated carbocycles. The molecule has 0 aliphatic carbocycles. The maximum Gasteiger partial charge on any atom is 0.337 e. The van der Waals surface area contributed by atoms with Crippen molar-refractivity contribution in [2.75, 3.05) is 4.90 Å². The molecule has 6 heteroatoms. The molecule has 182 valence electrons. The minimum Gasteiger partial charge on any atom is -0.479 e. The van der Waals surface area contributed by atoms with Crippen molar-refractivity contribution >= 4 is 17.6 Å². The van der Waals surface area contributed by atoms with Crippen LogP contribution in [0.25, 0.3) is 0 Å². The number of aryl methyl sites for hydroxylation is 2. The third kappa shape index (κ3) is 5.13. The van der Waals surface area contributed by atoms with Gasteiger partial charge in [-0.3, -0.25) is 4.79 Å². The van der Waals surface area contributed by atoms with E-state index in [2.05, 4.69) is 0 Å². The Balaban J connectivity index is 1.83. The molecular weight excluding hydrogens is 445 g/mol. The first-order valence-corrected chi connectivity index (χ1v) is 11.6. The monoisotopic (exact) mass is 475 g/mol. The Morgan fingerprint density at radius 1 is 1.06 bits per heavy atom. The number of hydrogen-bond acceptors (Lipinski definition) is 3. The fourth-order valence-electron chi connectivity index (χ4n) is 4.56. The molecule has 0 aromatic heterocycles. The lowest BCUT2D eigenvalue weighted by molar-refractivity contribution is -0.160. The van der Waals surface area contributed by atoms with E-state index in [9.17, 15) is 19.1 Å². The second-order valence-electron chi connectivity index (χ2n) is 10.1. The van der Waals surface area contributed by atoms with Gasteiger partial charge in [-0.2, -0.15) is 0 Å². The summed E-state index contributed by atoms with van der Waals surface area (Å²) in [5.74, 6) is -1.84. The number of fused-ring (bicyclic) bond motifs is 1. The van der Waals surface area contributed by atoms with Gasteiger partial charge in [0, 0.05) is 11.3 Å². The molecular formula is C29H30FNO4. The third-order valence-electron chi connectivity index (χ3n) is 6.18. The van der Waals surface area contributed by atoms with Gasteiger partial charge >= 0.3 is 5.97 Å². The molecule has 0 fully saturated rings. The molecule has 0 spiro atoms. The summed E-state index contributed by atoms with van der Waals surface area (Å²) in [4.78, 5) is 27.5. The average Bonchev–Trinajstić information content (AvgIpc) is 3.14. The lowest BCUT2D eigenvalue weighted by Crippen LogP contribution is -2.32. The normalized spacial score (nSPS) is 16.2. The molecule has 3 aromatic carbocycles. The summed E-state index contributed by atoms with van der Waals surface area (Å²) in [5.41, 5.74) is 4.49. The summed E-state index contributed by atoms with van der Waals surface area (Å²) in [6.07, 6.45) is -0.625. The molecule has 0 radical (unpaired) electrons. The highest BCUT2D eigenvalue weighted by molar-refractivity contribution is 6.08. The van der Waals surface area contributed by atoms with Crippen LogP contribution >= 0.6 is 0 Å². The van der Waals surface area contributed by atoms with Crippen LogP contribution in [0.4, 0.5) is 10.1 Å². The molecule has 1 heterocycles. The van der Waals surface area contributed by atoms with Crippen LogP contribution in [-0.4, -0.2) is 22.6 Å². The Labute approximate surface area is 205 Å².